The lowest BCUT2D eigenvalue weighted by atomic mass is 9.87. The summed E-state index contributed by atoms with van der Waals surface area (Å²) in [5.41, 5.74) is 0.317. The van der Waals surface area contributed by atoms with Crippen molar-refractivity contribution in [3.63, 3.8) is 0 Å². The summed E-state index contributed by atoms with van der Waals surface area (Å²) in [6.07, 6.45) is 3.63. The van der Waals surface area contributed by atoms with E-state index in [-0.39, 0.29) is 0 Å². The first-order valence-electron chi connectivity index (χ1n) is 7.70. The highest BCUT2D eigenvalue weighted by atomic mass is 32.1. The van der Waals surface area contributed by atoms with Crippen LogP contribution in [0.1, 0.15) is 57.9 Å². The van der Waals surface area contributed by atoms with E-state index in [9.17, 15) is 0 Å². The zero-order chi connectivity index (χ0) is 13.9. The molecule has 0 saturated carbocycles. The fourth-order valence-electron chi connectivity index (χ4n) is 3.26. The van der Waals surface area contributed by atoms with E-state index in [4.69, 9.17) is 0 Å². The van der Waals surface area contributed by atoms with E-state index in [1.165, 1.54) is 30.7 Å². The summed E-state index contributed by atoms with van der Waals surface area (Å²) in [6.45, 7) is 11.6. The third-order valence-corrected chi connectivity index (χ3v) is 5.81. The Bertz CT molecular complexity index is 370. The molecule has 0 bridgehead atoms. The predicted molar refractivity (Wildman–Crippen MR) is 84.8 cm³/mol. The van der Waals surface area contributed by atoms with Gasteiger partial charge in [0.2, 0.25) is 0 Å². The average molecular weight is 280 g/mol. The summed E-state index contributed by atoms with van der Waals surface area (Å²) < 4.78 is 0. The summed E-state index contributed by atoms with van der Waals surface area (Å²) in [5.74, 6) is 0. The van der Waals surface area contributed by atoms with Crippen LogP contribution in [0.3, 0.4) is 0 Å². The molecule has 2 atom stereocenters. The second-order valence-electron chi connectivity index (χ2n) is 5.83. The quantitative estimate of drug-likeness (QED) is 0.875. The second kappa shape index (κ2) is 6.38. The molecule has 2 rings (SSSR count). The topological polar surface area (TPSA) is 15.3 Å². The summed E-state index contributed by atoms with van der Waals surface area (Å²) in [5, 5.41) is 6.00. The molecule has 1 fully saturated rings. The fraction of sp³-hybridized carbons (Fsp3) is 0.750. The minimum Gasteiger partial charge on any atom is -0.308 e. The van der Waals surface area contributed by atoms with Crippen LogP contribution < -0.4 is 5.32 Å². The molecule has 0 amide bonds. The summed E-state index contributed by atoms with van der Waals surface area (Å²) in [7, 11) is 0. The number of piperazine rings is 1. The first-order valence-corrected chi connectivity index (χ1v) is 8.58. The molecule has 2 nitrogen and oxygen atoms in total. The van der Waals surface area contributed by atoms with Crippen molar-refractivity contribution in [3.8, 4) is 0 Å². The molecule has 1 N–H and O–H groups in total. The van der Waals surface area contributed by atoms with Crippen LogP contribution in [-0.4, -0.2) is 29.6 Å². The largest absolute Gasteiger partial charge is 0.308 e. The molecule has 0 aliphatic carbocycles. The van der Waals surface area contributed by atoms with Gasteiger partial charge in [0, 0.05) is 35.6 Å². The number of hydrogen-bond donors (Lipinski definition) is 1. The average Bonchev–Trinajstić information content (AvgIpc) is 2.96. The molecule has 2 heterocycles. The number of nitrogens with zero attached hydrogens (tertiary/aromatic N) is 1. The van der Waals surface area contributed by atoms with Gasteiger partial charge in [0.25, 0.3) is 0 Å². The van der Waals surface area contributed by atoms with Gasteiger partial charge in [-0.15, -0.1) is 11.3 Å². The molecule has 19 heavy (non-hydrogen) atoms. The second-order valence-corrected chi connectivity index (χ2v) is 6.81. The van der Waals surface area contributed by atoms with Crippen molar-refractivity contribution < 1.29 is 0 Å². The van der Waals surface area contributed by atoms with Crippen molar-refractivity contribution in [3.05, 3.63) is 22.4 Å². The maximum Gasteiger partial charge on any atom is 0.0443 e. The molecule has 1 aliphatic heterocycles. The Morgan fingerprint density at radius 3 is 2.68 bits per heavy atom. The minimum atomic E-state index is 0.317. The van der Waals surface area contributed by atoms with E-state index in [2.05, 4.69) is 55.4 Å². The molecule has 0 radical (unpaired) electrons. The predicted octanol–water partition coefficient (Wildman–Crippen LogP) is 4.05. The van der Waals surface area contributed by atoms with E-state index in [0.29, 0.717) is 17.6 Å². The van der Waals surface area contributed by atoms with Crippen LogP contribution >= 0.6 is 11.3 Å². The van der Waals surface area contributed by atoms with E-state index < -0.39 is 0 Å². The highest BCUT2D eigenvalue weighted by molar-refractivity contribution is 7.10. The maximum absolute atomic E-state index is 3.80. The highest BCUT2D eigenvalue weighted by Gasteiger charge is 2.38. The summed E-state index contributed by atoms with van der Waals surface area (Å²) >= 11 is 1.90. The van der Waals surface area contributed by atoms with Crippen molar-refractivity contribution in [1.29, 1.82) is 0 Å². The minimum absolute atomic E-state index is 0.317. The van der Waals surface area contributed by atoms with Crippen LogP contribution in [-0.2, 0) is 0 Å². The van der Waals surface area contributed by atoms with Crippen LogP contribution in [0, 0.1) is 0 Å². The van der Waals surface area contributed by atoms with Gasteiger partial charge >= 0.3 is 0 Å². The fourth-order valence-corrected chi connectivity index (χ4v) is 4.19. The zero-order valence-electron chi connectivity index (χ0n) is 12.8. The van der Waals surface area contributed by atoms with Crippen LogP contribution in [0.5, 0.6) is 0 Å². The van der Waals surface area contributed by atoms with Gasteiger partial charge in [-0.1, -0.05) is 26.8 Å². The Morgan fingerprint density at radius 1 is 1.42 bits per heavy atom. The van der Waals surface area contributed by atoms with Gasteiger partial charge in [0.1, 0.15) is 0 Å². The summed E-state index contributed by atoms with van der Waals surface area (Å²) in [4.78, 5) is 4.26. The molecule has 1 aromatic rings. The van der Waals surface area contributed by atoms with Gasteiger partial charge in [-0.05, 0) is 37.6 Å². The van der Waals surface area contributed by atoms with Gasteiger partial charge in [0.15, 0.2) is 0 Å². The molecule has 1 saturated heterocycles. The Kier molecular flexibility index (Phi) is 5.04. The van der Waals surface area contributed by atoms with E-state index in [1.54, 1.807) is 0 Å². The number of rotatable bonds is 5. The first kappa shape index (κ1) is 15.0. The molecule has 2 unspecified atom stereocenters. The van der Waals surface area contributed by atoms with E-state index >= 15 is 0 Å². The molecule has 108 valence electrons. The van der Waals surface area contributed by atoms with Crippen molar-refractivity contribution in [2.24, 2.45) is 0 Å². The first-order chi connectivity index (χ1) is 9.15. The van der Waals surface area contributed by atoms with Crippen molar-refractivity contribution in [2.45, 2.75) is 64.6 Å². The molecule has 0 spiro atoms. The zero-order valence-corrected chi connectivity index (χ0v) is 13.6. The number of hydrogen-bond acceptors (Lipinski definition) is 3. The molecule has 1 aromatic heterocycles. The molecular formula is C16H28N2S. The maximum atomic E-state index is 3.80. The van der Waals surface area contributed by atoms with Crippen LogP contribution in [0.25, 0.3) is 0 Å². The lowest BCUT2D eigenvalue weighted by Crippen LogP contribution is -2.63. The molecular weight excluding hydrogens is 252 g/mol. The standard InChI is InChI=1S/C16H28N2S/c1-5-14(15-9-8-10-19-15)18-12-16(6-2,7-3)17-11-13(18)4/h8-10,13-14,17H,5-7,11-12H2,1-4H3. The van der Waals surface area contributed by atoms with Crippen LogP contribution in [0.4, 0.5) is 0 Å². The highest BCUT2D eigenvalue weighted by Crippen LogP contribution is 2.34. The lowest BCUT2D eigenvalue weighted by molar-refractivity contribution is 0.0430. The van der Waals surface area contributed by atoms with Gasteiger partial charge in [-0.25, -0.2) is 0 Å². The van der Waals surface area contributed by atoms with Crippen LogP contribution in [0.2, 0.25) is 0 Å². The van der Waals surface area contributed by atoms with E-state index in [0.717, 1.165) is 6.54 Å². The Hall–Kier alpha value is -0.380. The monoisotopic (exact) mass is 280 g/mol. The SMILES string of the molecule is CCC(c1cccs1)N1CC(CC)(CC)NCC1C. The summed E-state index contributed by atoms with van der Waals surface area (Å²) in [6, 6.07) is 5.70. The van der Waals surface area contributed by atoms with Crippen molar-refractivity contribution in [2.75, 3.05) is 13.1 Å². The number of nitrogens with one attached hydrogen (secondary N) is 1. The van der Waals surface area contributed by atoms with Crippen LogP contribution in [0.15, 0.2) is 17.5 Å². The van der Waals surface area contributed by atoms with Gasteiger partial charge in [0.05, 0.1) is 0 Å². The van der Waals surface area contributed by atoms with Crippen molar-refractivity contribution >= 4 is 11.3 Å². The Balaban J connectivity index is 2.20. The number of thiophene rings is 1. The van der Waals surface area contributed by atoms with Gasteiger partial charge < -0.3 is 5.32 Å². The van der Waals surface area contributed by atoms with Gasteiger partial charge in [-0.2, -0.15) is 0 Å². The van der Waals surface area contributed by atoms with Crippen molar-refractivity contribution in [1.82, 2.24) is 10.2 Å². The Morgan fingerprint density at radius 2 is 2.16 bits per heavy atom. The molecule has 3 heteroatoms. The lowest BCUT2D eigenvalue weighted by Gasteiger charge is -2.49. The molecule has 1 aliphatic rings. The van der Waals surface area contributed by atoms with Gasteiger partial charge in [-0.3, -0.25) is 4.90 Å². The Labute approximate surface area is 122 Å². The van der Waals surface area contributed by atoms with E-state index in [1.807, 2.05) is 11.3 Å². The normalized spacial score (nSPS) is 25.4. The molecule has 0 aromatic carbocycles. The third-order valence-electron chi connectivity index (χ3n) is 4.84. The third kappa shape index (κ3) is 3.04. The smallest absolute Gasteiger partial charge is 0.0443 e.